The molecule has 1 aromatic carbocycles. The topological polar surface area (TPSA) is 60.0 Å². The van der Waals surface area contributed by atoms with Crippen LogP contribution >= 0.6 is 0 Å². The Balaban J connectivity index is 1.84. The molecule has 0 aliphatic carbocycles. The average Bonchev–Trinajstić information content (AvgIpc) is 2.88. The van der Waals surface area contributed by atoms with Crippen LogP contribution in [-0.4, -0.2) is 28.2 Å². The number of fused-ring (bicyclic) bond motifs is 2. The summed E-state index contributed by atoms with van der Waals surface area (Å²) in [6.45, 7) is 3.13. The molecule has 0 amide bonds. The standard InChI is InChI=1S/C15H13N3O2/c1-9-2-3-10(8-16-9)15-17-11-6-13-14(7-12(11)18-15)20-5-4-19-13/h2-3,6-8H,4-5H2,1H3,(H,17,18). The van der Waals surface area contributed by atoms with Crippen molar-refractivity contribution in [2.24, 2.45) is 0 Å². The zero-order valence-corrected chi connectivity index (χ0v) is 11.0. The van der Waals surface area contributed by atoms with E-state index >= 15 is 0 Å². The number of ether oxygens (including phenoxy) is 2. The first-order chi connectivity index (χ1) is 9.79. The van der Waals surface area contributed by atoms with Crippen molar-refractivity contribution in [2.75, 3.05) is 13.2 Å². The highest BCUT2D eigenvalue weighted by atomic mass is 16.6. The van der Waals surface area contributed by atoms with E-state index in [1.165, 1.54) is 0 Å². The SMILES string of the molecule is Cc1ccc(-c2nc3cc4c(cc3[nH]2)OCCO4)cn1. The predicted molar refractivity (Wildman–Crippen MR) is 75.1 cm³/mol. The lowest BCUT2D eigenvalue weighted by Gasteiger charge is -2.17. The third kappa shape index (κ3) is 1.79. The Labute approximate surface area is 115 Å². The Bertz CT molecular complexity index is 735. The Morgan fingerprint density at radius 2 is 1.90 bits per heavy atom. The van der Waals surface area contributed by atoms with Crippen LogP contribution in [-0.2, 0) is 0 Å². The van der Waals surface area contributed by atoms with Crippen molar-refractivity contribution in [3.63, 3.8) is 0 Å². The number of nitrogens with one attached hydrogen (secondary N) is 1. The van der Waals surface area contributed by atoms with E-state index in [2.05, 4.69) is 15.0 Å². The minimum atomic E-state index is 0.581. The summed E-state index contributed by atoms with van der Waals surface area (Å²) in [7, 11) is 0. The van der Waals surface area contributed by atoms with Crippen LogP contribution in [0.2, 0.25) is 0 Å². The van der Waals surface area contributed by atoms with Crippen molar-refractivity contribution < 1.29 is 9.47 Å². The van der Waals surface area contributed by atoms with Gasteiger partial charge < -0.3 is 14.5 Å². The van der Waals surface area contributed by atoms with Crippen molar-refractivity contribution in [1.82, 2.24) is 15.0 Å². The van der Waals surface area contributed by atoms with Gasteiger partial charge in [-0.2, -0.15) is 0 Å². The summed E-state index contributed by atoms with van der Waals surface area (Å²) in [4.78, 5) is 12.2. The van der Waals surface area contributed by atoms with Crippen LogP contribution in [0.5, 0.6) is 11.5 Å². The van der Waals surface area contributed by atoms with E-state index < -0.39 is 0 Å². The first kappa shape index (κ1) is 11.3. The second-order valence-electron chi connectivity index (χ2n) is 4.79. The first-order valence-corrected chi connectivity index (χ1v) is 6.52. The molecule has 0 bridgehead atoms. The van der Waals surface area contributed by atoms with Crippen LogP contribution in [0.3, 0.4) is 0 Å². The van der Waals surface area contributed by atoms with Crippen molar-refractivity contribution in [2.45, 2.75) is 6.92 Å². The molecule has 3 heterocycles. The molecule has 0 atom stereocenters. The highest BCUT2D eigenvalue weighted by Gasteiger charge is 2.15. The number of nitrogens with zero attached hydrogens (tertiary/aromatic N) is 2. The van der Waals surface area contributed by atoms with Gasteiger partial charge in [0.05, 0.1) is 11.0 Å². The van der Waals surface area contributed by atoms with E-state index in [0.29, 0.717) is 13.2 Å². The average molecular weight is 267 g/mol. The van der Waals surface area contributed by atoms with Gasteiger partial charge in [0, 0.05) is 29.6 Å². The fourth-order valence-corrected chi connectivity index (χ4v) is 2.29. The fraction of sp³-hybridized carbons (Fsp3) is 0.200. The summed E-state index contributed by atoms with van der Waals surface area (Å²) in [6.07, 6.45) is 1.82. The molecule has 4 rings (SSSR count). The minimum Gasteiger partial charge on any atom is -0.486 e. The highest BCUT2D eigenvalue weighted by Crippen LogP contribution is 2.34. The number of H-pyrrole nitrogens is 1. The molecular formula is C15H13N3O2. The Hall–Kier alpha value is -2.56. The normalized spacial score (nSPS) is 13.7. The molecule has 5 heteroatoms. The van der Waals surface area contributed by atoms with Crippen LogP contribution in [0.1, 0.15) is 5.69 Å². The van der Waals surface area contributed by atoms with Crippen LogP contribution in [0, 0.1) is 6.92 Å². The van der Waals surface area contributed by atoms with E-state index in [1.54, 1.807) is 0 Å². The Morgan fingerprint density at radius 1 is 1.10 bits per heavy atom. The zero-order chi connectivity index (χ0) is 13.5. The van der Waals surface area contributed by atoms with E-state index in [4.69, 9.17) is 9.47 Å². The number of rotatable bonds is 1. The molecule has 2 aromatic heterocycles. The molecule has 0 saturated carbocycles. The summed E-state index contributed by atoms with van der Waals surface area (Å²) in [5.41, 5.74) is 3.75. The first-order valence-electron chi connectivity index (χ1n) is 6.52. The zero-order valence-electron chi connectivity index (χ0n) is 11.0. The number of pyridine rings is 1. The largest absolute Gasteiger partial charge is 0.486 e. The van der Waals surface area contributed by atoms with Crippen molar-refractivity contribution >= 4 is 11.0 Å². The maximum absolute atomic E-state index is 5.58. The van der Waals surface area contributed by atoms with Gasteiger partial charge in [-0.1, -0.05) is 0 Å². The lowest BCUT2D eigenvalue weighted by Crippen LogP contribution is -2.15. The van der Waals surface area contributed by atoms with Crippen LogP contribution in [0.25, 0.3) is 22.4 Å². The maximum atomic E-state index is 5.58. The molecule has 3 aromatic rings. The number of aromatic nitrogens is 3. The third-order valence-electron chi connectivity index (χ3n) is 3.33. The molecule has 0 radical (unpaired) electrons. The summed E-state index contributed by atoms with van der Waals surface area (Å²) < 4.78 is 11.1. The number of imidazole rings is 1. The summed E-state index contributed by atoms with van der Waals surface area (Å²) in [5.74, 6) is 2.32. The van der Waals surface area contributed by atoms with Gasteiger partial charge in [-0.15, -0.1) is 0 Å². The second kappa shape index (κ2) is 4.23. The summed E-state index contributed by atoms with van der Waals surface area (Å²) in [6, 6.07) is 7.82. The third-order valence-corrected chi connectivity index (χ3v) is 3.33. The quantitative estimate of drug-likeness (QED) is 0.736. The number of hydrogen-bond acceptors (Lipinski definition) is 4. The number of benzene rings is 1. The predicted octanol–water partition coefficient (Wildman–Crippen LogP) is 2.70. The molecule has 100 valence electrons. The van der Waals surface area contributed by atoms with Crippen molar-refractivity contribution in [3.8, 4) is 22.9 Å². The summed E-state index contributed by atoms with van der Waals surface area (Å²) >= 11 is 0. The van der Waals surface area contributed by atoms with Gasteiger partial charge in [0.25, 0.3) is 0 Å². The monoisotopic (exact) mass is 267 g/mol. The molecule has 5 nitrogen and oxygen atoms in total. The lowest BCUT2D eigenvalue weighted by atomic mass is 10.2. The van der Waals surface area contributed by atoms with Gasteiger partial charge in [0.1, 0.15) is 19.0 Å². The molecule has 1 aliphatic heterocycles. The molecule has 0 fully saturated rings. The smallest absolute Gasteiger partial charge is 0.163 e. The minimum absolute atomic E-state index is 0.581. The number of aryl methyl sites for hydroxylation is 1. The van der Waals surface area contributed by atoms with Gasteiger partial charge in [-0.05, 0) is 19.1 Å². The maximum Gasteiger partial charge on any atom is 0.163 e. The van der Waals surface area contributed by atoms with Crippen LogP contribution in [0.4, 0.5) is 0 Å². The molecule has 0 spiro atoms. The molecule has 20 heavy (non-hydrogen) atoms. The van der Waals surface area contributed by atoms with Crippen LogP contribution in [0.15, 0.2) is 30.5 Å². The molecule has 0 unspecified atom stereocenters. The molecule has 0 saturated heterocycles. The van der Waals surface area contributed by atoms with Gasteiger partial charge >= 0.3 is 0 Å². The molecule has 1 N–H and O–H groups in total. The van der Waals surface area contributed by atoms with Gasteiger partial charge in [0.15, 0.2) is 11.5 Å². The van der Waals surface area contributed by atoms with E-state index in [0.717, 1.165) is 39.6 Å². The highest BCUT2D eigenvalue weighted by molar-refractivity contribution is 5.83. The lowest BCUT2D eigenvalue weighted by molar-refractivity contribution is 0.172. The van der Waals surface area contributed by atoms with Gasteiger partial charge in [-0.3, -0.25) is 4.98 Å². The van der Waals surface area contributed by atoms with E-state index in [9.17, 15) is 0 Å². The van der Waals surface area contributed by atoms with Crippen molar-refractivity contribution in [3.05, 3.63) is 36.2 Å². The Kier molecular flexibility index (Phi) is 2.39. The summed E-state index contributed by atoms with van der Waals surface area (Å²) in [5, 5.41) is 0. The second-order valence-corrected chi connectivity index (χ2v) is 4.79. The Morgan fingerprint density at radius 3 is 2.65 bits per heavy atom. The van der Waals surface area contributed by atoms with E-state index in [1.807, 2.05) is 37.4 Å². The van der Waals surface area contributed by atoms with Gasteiger partial charge in [-0.25, -0.2) is 4.98 Å². The number of aromatic amines is 1. The number of hydrogen-bond donors (Lipinski definition) is 1. The van der Waals surface area contributed by atoms with Crippen LogP contribution < -0.4 is 9.47 Å². The van der Waals surface area contributed by atoms with Crippen molar-refractivity contribution in [1.29, 1.82) is 0 Å². The molecule has 1 aliphatic rings. The van der Waals surface area contributed by atoms with E-state index in [-0.39, 0.29) is 0 Å². The van der Waals surface area contributed by atoms with Gasteiger partial charge in [0.2, 0.25) is 0 Å². The fourth-order valence-electron chi connectivity index (χ4n) is 2.29. The molecular weight excluding hydrogens is 254 g/mol.